The summed E-state index contributed by atoms with van der Waals surface area (Å²) >= 11 is 1.06. The van der Waals surface area contributed by atoms with Crippen molar-refractivity contribution in [2.75, 3.05) is 22.7 Å². The van der Waals surface area contributed by atoms with E-state index in [0.717, 1.165) is 41.2 Å². The first kappa shape index (κ1) is 20.8. The maximum Gasteiger partial charge on any atom is 0.308 e. The first-order valence-corrected chi connectivity index (χ1v) is 12.8. The van der Waals surface area contributed by atoms with Gasteiger partial charge in [-0.25, -0.2) is 8.42 Å². The molecule has 0 atom stereocenters. The monoisotopic (exact) mass is 465 g/mol. The highest BCUT2D eigenvalue weighted by molar-refractivity contribution is 7.92. The van der Waals surface area contributed by atoms with Gasteiger partial charge in [-0.05, 0) is 60.9 Å². The van der Waals surface area contributed by atoms with Crippen LogP contribution in [0.15, 0.2) is 82.5 Å². The van der Waals surface area contributed by atoms with Gasteiger partial charge in [-0.3, -0.25) is 14.1 Å². The minimum atomic E-state index is -3.77. The molecule has 4 aromatic rings. The van der Waals surface area contributed by atoms with Crippen LogP contribution in [0.2, 0.25) is 0 Å². The third-order valence-corrected chi connectivity index (χ3v) is 8.05. The van der Waals surface area contributed by atoms with E-state index in [1.165, 1.54) is 12.8 Å². The van der Waals surface area contributed by atoms with Gasteiger partial charge in [0.25, 0.3) is 10.0 Å². The van der Waals surface area contributed by atoms with Crippen LogP contribution in [0.5, 0.6) is 0 Å². The molecule has 0 bridgehead atoms. The number of nitrogens with one attached hydrogen (secondary N) is 1. The first-order valence-electron chi connectivity index (χ1n) is 10.5. The van der Waals surface area contributed by atoms with E-state index in [4.69, 9.17) is 0 Å². The normalized spacial score (nSPS) is 14.2. The molecule has 6 nitrogen and oxygen atoms in total. The Morgan fingerprint density at radius 3 is 2.34 bits per heavy atom. The molecule has 1 fully saturated rings. The van der Waals surface area contributed by atoms with Crippen molar-refractivity contribution in [1.29, 1.82) is 0 Å². The Labute approximate surface area is 190 Å². The predicted octanol–water partition coefficient (Wildman–Crippen LogP) is 4.51. The number of aromatic nitrogens is 1. The number of sulfonamides is 1. The standard InChI is InChI=1S/C24H23N3O3S2/c28-24-27(17-18-6-2-1-3-7-18)22-13-12-21(16-23(22)31-24)32(29,30)25-19-8-10-20(11-9-19)26-14-4-5-15-26/h1-3,6-13,16,25H,4-5,14-15,17H2. The van der Waals surface area contributed by atoms with E-state index in [-0.39, 0.29) is 9.77 Å². The van der Waals surface area contributed by atoms with Crippen molar-refractivity contribution in [2.24, 2.45) is 0 Å². The maximum absolute atomic E-state index is 13.0. The molecule has 164 valence electrons. The van der Waals surface area contributed by atoms with Gasteiger partial charge in [-0.2, -0.15) is 0 Å². The van der Waals surface area contributed by atoms with Crippen LogP contribution in [-0.2, 0) is 16.6 Å². The highest BCUT2D eigenvalue weighted by Crippen LogP contribution is 2.26. The highest BCUT2D eigenvalue weighted by Gasteiger charge is 2.18. The summed E-state index contributed by atoms with van der Waals surface area (Å²) in [4.78, 5) is 14.9. The molecule has 1 saturated heterocycles. The van der Waals surface area contributed by atoms with Crippen molar-refractivity contribution in [3.05, 3.63) is 88.0 Å². The van der Waals surface area contributed by atoms with E-state index in [1.54, 1.807) is 34.9 Å². The molecular formula is C24H23N3O3S2. The minimum Gasteiger partial charge on any atom is -0.372 e. The summed E-state index contributed by atoms with van der Waals surface area (Å²) in [6.45, 7) is 2.53. The van der Waals surface area contributed by atoms with Crippen LogP contribution in [0, 0.1) is 0 Å². The van der Waals surface area contributed by atoms with Crippen LogP contribution in [0.4, 0.5) is 11.4 Å². The van der Waals surface area contributed by atoms with Crippen molar-refractivity contribution in [3.63, 3.8) is 0 Å². The minimum absolute atomic E-state index is 0.108. The highest BCUT2D eigenvalue weighted by atomic mass is 32.2. The van der Waals surface area contributed by atoms with E-state index < -0.39 is 10.0 Å². The molecule has 2 heterocycles. The SMILES string of the molecule is O=c1sc2cc(S(=O)(=O)Nc3ccc(N4CCCC4)cc3)ccc2n1Cc1ccccc1. The second kappa shape index (κ2) is 8.44. The molecule has 0 unspecified atom stereocenters. The average Bonchev–Trinajstić information content (AvgIpc) is 3.43. The zero-order chi connectivity index (χ0) is 22.1. The molecule has 0 radical (unpaired) electrons. The van der Waals surface area contributed by atoms with E-state index in [0.29, 0.717) is 16.9 Å². The molecule has 1 aliphatic heterocycles. The van der Waals surface area contributed by atoms with Gasteiger partial charge >= 0.3 is 4.87 Å². The first-order chi connectivity index (χ1) is 15.5. The van der Waals surface area contributed by atoms with Crippen LogP contribution in [-0.4, -0.2) is 26.1 Å². The Hall–Kier alpha value is -3.10. The van der Waals surface area contributed by atoms with Gasteiger partial charge < -0.3 is 4.90 Å². The fourth-order valence-electron chi connectivity index (χ4n) is 4.06. The van der Waals surface area contributed by atoms with Gasteiger partial charge in [0.05, 0.1) is 21.7 Å². The Balaban J connectivity index is 1.39. The van der Waals surface area contributed by atoms with Gasteiger partial charge in [0.15, 0.2) is 0 Å². The molecule has 3 aromatic carbocycles. The molecule has 5 rings (SSSR count). The Morgan fingerprint density at radius 1 is 0.906 bits per heavy atom. The molecule has 1 N–H and O–H groups in total. The lowest BCUT2D eigenvalue weighted by Crippen LogP contribution is -2.17. The third kappa shape index (κ3) is 4.16. The van der Waals surface area contributed by atoms with E-state index in [9.17, 15) is 13.2 Å². The fraction of sp³-hybridized carbons (Fsp3) is 0.208. The summed E-state index contributed by atoms with van der Waals surface area (Å²) in [5.41, 5.74) is 3.38. The summed E-state index contributed by atoms with van der Waals surface area (Å²) in [7, 11) is -3.77. The maximum atomic E-state index is 13.0. The smallest absolute Gasteiger partial charge is 0.308 e. The molecule has 32 heavy (non-hydrogen) atoms. The van der Waals surface area contributed by atoms with Gasteiger partial charge in [0.2, 0.25) is 0 Å². The summed E-state index contributed by atoms with van der Waals surface area (Å²) in [5, 5.41) is 0. The molecule has 1 aliphatic rings. The summed E-state index contributed by atoms with van der Waals surface area (Å²) in [6.07, 6.45) is 2.38. The lowest BCUT2D eigenvalue weighted by atomic mass is 10.2. The van der Waals surface area contributed by atoms with E-state index >= 15 is 0 Å². The second-order valence-corrected chi connectivity index (χ2v) is 10.6. The van der Waals surface area contributed by atoms with Crippen molar-refractivity contribution < 1.29 is 8.42 Å². The molecule has 0 spiro atoms. The third-order valence-electron chi connectivity index (χ3n) is 5.72. The van der Waals surface area contributed by atoms with Gasteiger partial charge in [0, 0.05) is 24.5 Å². The van der Waals surface area contributed by atoms with Crippen molar-refractivity contribution in [2.45, 2.75) is 24.3 Å². The fourth-order valence-corrected chi connectivity index (χ4v) is 6.15. The molecule has 8 heteroatoms. The molecule has 0 aliphatic carbocycles. The summed E-state index contributed by atoms with van der Waals surface area (Å²) < 4.78 is 30.9. The average molecular weight is 466 g/mol. The number of benzene rings is 3. The number of rotatable bonds is 6. The second-order valence-electron chi connectivity index (χ2n) is 7.92. The Kier molecular flexibility index (Phi) is 5.48. The Morgan fingerprint density at radius 2 is 1.62 bits per heavy atom. The van der Waals surface area contributed by atoms with Gasteiger partial charge in [-0.1, -0.05) is 41.7 Å². The lowest BCUT2D eigenvalue weighted by molar-refractivity contribution is 0.601. The summed E-state index contributed by atoms with van der Waals surface area (Å²) in [6, 6.07) is 22.0. The lowest BCUT2D eigenvalue weighted by Gasteiger charge is -2.18. The van der Waals surface area contributed by atoms with Crippen LogP contribution >= 0.6 is 11.3 Å². The van der Waals surface area contributed by atoms with Crippen molar-refractivity contribution in [1.82, 2.24) is 4.57 Å². The molecular weight excluding hydrogens is 442 g/mol. The number of fused-ring (bicyclic) bond motifs is 1. The van der Waals surface area contributed by atoms with Gasteiger partial charge in [-0.15, -0.1) is 0 Å². The topological polar surface area (TPSA) is 71.4 Å². The number of anilines is 2. The predicted molar refractivity (Wildman–Crippen MR) is 130 cm³/mol. The quantitative estimate of drug-likeness (QED) is 0.455. The number of hydrogen-bond donors (Lipinski definition) is 1. The number of nitrogens with zero attached hydrogens (tertiary/aromatic N) is 2. The van der Waals surface area contributed by atoms with Crippen LogP contribution < -0.4 is 14.5 Å². The van der Waals surface area contributed by atoms with Crippen LogP contribution in [0.1, 0.15) is 18.4 Å². The van der Waals surface area contributed by atoms with Crippen molar-refractivity contribution in [3.8, 4) is 0 Å². The number of hydrogen-bond acceptors (Lipinski definition) is 5. The van der Waals surface area contributed by atoms with E-state index in [1.807, 2.05) is 42.5 Å². The largest absolute Gasteiger partial charge is 0.372 e. The zero-order valence-electron chi connectivity index (χ0n) is 17.4. The molecule has 0 amide bonds. The van der Waals surface area contributed by atoms with Crippen LogP contribution in [0.3, 0.4) is 0 Å². The van der Waals surface area contributed by atoms with E-state index in [2.05, 4.69) is 9.62 Å². The molecule has 1 aromatic heterocycles. The van der Waals surface area contributed by atoms with Crippen molar-refractivity contribution >= 4 is 43.0 Å². The summed E-state index contributed by atoms with van der Waals surface area (Å²) in [5.74, 6) is 0. The van der Waals surface area contributed by atoms with Gasteiger partial charge in [0.1, 0.15) is 0 Å². The Bertz CT molecular complexity index is 1400. The molecule has 0 saturated carbocycles. The van der Waals surface area contributed by atoms with Crippen LogP contribution in [0.25, 0.3) is 10.2 Å². The number of thiazole rings is 1. The zero-order valence-corrected chi connectivity index (χ0v) is 19.0.